The quantitative estimate of drug-likeness (QED) is 0.863. The van der Waals surface area contributed by atoms with Crippen LogP contribution in [-0.2, 0) is 14.8 Å². The maximum atomic E-state index is 13.4. The van der Waals surface area contributed by atoms with Gasteiger partial charge in [0, 0.05) is 5.54 Å². The van der Waals surface area contributed by atoms with Gasteiger partial charge in [0.2, 0.25) is 10.0 Å². The van der Waals surface area contributed by atoms with Crippen molar-refractivity contribution in [3.8, 4) is 0 Å². The highest BCUT2D eigenvalue weighted by Gasteiger charge is 2.28. The number of hydrogen-bond donors (Lipinski definition) is 2. The third kappa shape index (κ3) is 4.29. The minimum Gasteiger partial charge on any atom is -0.481 e. The van der Waals surface area contributed by atoms with Crippen LogP contribution in [0.3, 0.4) is 0 Å². The van der Waals surface area contributed by atoms with Gasteiger partial charge in [0.25, 0.3) is 0 Å². The van der Waals surface area contributed by atoms with Gasteiger partial charge in [-0.05, 0) is 38.5 Å². The van der Waals surface area contributed by atoms with Gasteiger partial charge in [0.15, 0.2) is 0 Å². The van der Waals surface area contributed by atoms with Gasteiger partial charge in [-0.2, -0.15) is 0 Å². The maximum Gasteiger partial charge on any atom is 0.305 e. The highest BCUT2D eigenvalue weighted by molar-refractivity contribution is 7.89. The first-order chi connectivity index (χ1) is 8.53. The Morgan fingerprint density at radius 2 is 2.00 bits per heavy atom. The molecule has 0 saturated carbocycles. The number of carboxylic acids is 1. The molecule has 0 heterocycles. The third-order valence-corrected chi connectivity index (χ3v) is 4.15. The summed E-state index contributed by atoms with van der Waals surface area (Å²) in [7, 11) is -3.96. The number of carboxylic acid groups (broad SMARTS) is 1. The zero-order valence-electron chi connectivity index (χ0n) is 10.9. The predicted molar refractivity (Wildman–Crippen MR) is 67.8 cm³/mol. The van der Waals surface area contributed by atoms with Crippen molar-refractivity contribution in [2.75, 3.05) is 0 Å². The molecule has 0 aliphatic carbocycles. The van der Waals surface area contributed by atoms with E-state index in [2.05, 4.69) is 4.72 Å². The van der Waals surface area contributed by atoms with Crippen LogP contribution in [0, 0.1) is 12.7 Å². The second-order valence-corrected chi connectivity index (χ2v) is 6.65. The molecule has 106 valence electrons. The van der Waals surface area contributed by atoms with E-state index in [1.165, 1.54) is 32.9 Å². The summed E-state index contributed by atoms with van der Waals surface area (Å²) in [6, 6.07) is 3.54. The molecule has 0 radical (unpaired) electrons. The van der Waals surface area contributed by atoms with E-state index >= 15 is 0 Å². The topological polar surface area (TPSA) is 83.5 Å². The molecule has 0 atom stereocenters. The zero-order valence-corrected chi connectivity index (χ0v) is 11.7. The fraction of sp³-hybridized carbons (Fsp3) is 0.417. The molecule has 1 aromatic carbocycles. The standard InChI is InChI=1S/C12H16FNO4S/c1-8-4-5-9(6-10(8)13)19(17,18)14-12(2,3)7-11(15)16/h4-6,14H,7H2,1-3H3,(H,15,16). The minimum absolute atomic E-state index is 0.228. The summed E-state index contributed by atoms with van der Waals surface area (Å²) >= 11 is 0. The average Bonchev–Trinajstić information content (AvgIpc) is 2.17. The number of carbonyl (C=O) groups is 1. The van der Waals surface area contributed by atoms with Crippen molar-refractivity contribution in [1.82, 2.24) is 4.72 Å². The Bertz CT molecular complexity index is 596. The lowest BCUT2D eigenvalue weighted by atomic mass is 10.0. The summed E-state index contributed by atoms with van der Waals surface area (Å²) in [5.74, 6) is -1.75. The van der Waals surface area contributed by atoms with Gasteiger partial charge >= 0.3 is 5.97 Å². The van der Waals surface area contributed by atoms with Crippen LogP contribution in [-0.4, -0.2) is 25.0 Å². The summed E-state index contributed by atoms with van der Waals surface area (Å²) in [6.45, 7) is 4.42. The number of sulfonamides is 1. The molecule has 2 N–H and O–H groups in total. The molecule has 0 saturated heterocycles. The molecule has 0 fully saturated rings. The van der Waals surface area contributed by atoms with Crippen LogP contribution in [0.4, 0.5) is 4.39 Å². The molecule has 0 unspecified atom stereocenters. The van der Waals surface area contributed by atoms with E-state index in [4.69, 9.17) is 5.11 Å². The zero-order chi connectivity index (χ0) is 14.8. The van der Waals surface area contributed by atoms with Crippen molar-refractivity contribution in [2.45, 2.75) is 37.6 Å². The van der Waals surface area contributed by atoms with Crippen molar-refractivity contribution in [3.05, 3.63) is 29.6 Å². The lowest BCUT2D eigenvalue weighted by Crippen LogP contribution is -2.44. The number of aliphatic carboxylic acids is 1. The molecular weight excluding hydrogens is 273 g/mol. The van der Waals surface area contributed by atoms with E-state index in [1.807, 2.05) is 0 Å². The Hall–Kier alpha value is -1.47. The summed E-state index contributed by atoms with van der Waals surface area (Å²) in [5.41, 5.74) is -0.824. The van der Waals surface area contributed by atoms with E-state index in [0.29, 0.717) is 5.56 Å². The van der Waals surface area contributed by atoms with Crippen molar-refractivity contribution in [3.63, 3.8) is 0 Å². The Balaban J connectivity index is 3.04. The van der Waals surface area contributed by atoms with Gasteiger partial charge in [0.05, 0.1) is 11.3 Å². The van der Waals surface area contributed by atoms with Crippen molar-refractivity contribution in [1.29, 1.82) is 0 Å². The van der Waals surface area contributed by atoms with Gasteiger partial charge in [0.1, 0.15) is 5.82 Å². The van der Waals surface area contributed by atoms with Gasteiger partial charge < -0.3 is 5.11 Å². The van der Waals surface area contributed by atoms with E-state index < -0.39 is 27.3 Å². The van der Waals surface area contributed by atoms with Crippen molar-refractivity contribution >= 4 is 16.0 Å². The van der Waals surface area contributed by atoms with E-state index in [-0.39, 0.29) is 11.3 Å². The van der Waals surface area contributed by atoms with Crippen LogP contribution < -0.4 is 4.72 Å². The molecule has 0 spiro atoms. The molecule has 0 bridgehead atoms. The molecule has 0 amide bonds. The maximum absolute atomic E-state index is 13.4. The molecule has 1 aromatic rings. The number of rotatable bonds is 5. The minimum atomic E-state index is -3.96. The number of benzene rings is 1. The van der Waals surface area contributed by atoms with Crippen molar-refractivity contribution in [2.24, 2.45) is 0 Å². The van der Waals surface area contributed by atoms with Crippen LogP contribution in [0.5, 0.6) is 0 Å². The molecule has 7 heteroatoms. The van der Waals surface area contributed by atoms with E-state index in [0.717, 1.165) is 6.07 Å². The highest BCUT2D eigenvalue weighted by atomic mass is 32.2. The van der Waals surface area contributed by atoms with Gasteiger partial charge in [-0.15, -0.1) is 0 Å². The molecule has 5 nitrogen and oxygen atoms in total. The lowest BCUT2D eigenvalue weighted by Gasteiger charge is -2.24. The fourth-order valence-corrected chi connectivity index (χ4v) is 3.00. The van der Waals surface area contributed by atoms with Crippen LogP contribution in [0.15, 0.2) is 23.1 Å². The lowest BCUT2D eigenvalue weighted by molar-refractivity contribution is -0.138. The smallest absolute Gasteiger partial charge is 0.305 e. The van der Waals surface area contributed by atoms with E-state index in [9.17, 15) is 17.6 Å². The third-order valence-electron chi connectivity index (χ3n) is 2.46. The number of hydrogen-bond acceptors (Lipinski definition) is 3. The van der Waals surface area contributed by atoms with E-state index in [1.54, 1.807) is 0 Å². The van der Waals surface area contributed by atoms with Crippen LogP contribution in [0.2, 0.25) is 0 Å². The molecular formula is C12H16FNO4S. The number of nitrogens with one attached hydrogen (secondary N) is 1. The van der Waals surface area contributed by atoms with Gasteiger partial charge in [-0.25, -0.2) is 17.5 Å². The Morgan fingerprint density at radius 3 is 2.47 bits per heavy atom. The van der Waals surface area contributed by atoms with Crippen LogP contribution in [0.25, 0.3) is 0 Å². The first-order valence-electron chi connectivity index (χ1n) is 5.55. The highest BCUT2D eigenvalue weighted by Crippen LogP contribution is 2.18. The van der Waals surface area contributed by atoms with Gasteiger partial charge in [-0.1, -0.05) is 6.07 Å². The normalized spacial score (nSPS) is 12.4. The monoisotopic (exact) mass is 289 g/mol. The summed E-state index contributed by atoms with van der Waals surface area (Å²) < 4.78 is 39.7. The first-order valence-corrected chi connectivity index (χ1v) is 7.04. The summed E-state index contributed by atoms with van der Waals surface area (Å²) in [4.78, 5) is 10.4. The SMILES string of the molecule is Cc1ccc(S(=O)(=O)NC(C)(C)CC(=O)O)cc1F. The fourth-order valence-electron chi connectivity index (χ4n) is 1.58. The molecule has 19 heavy (non-hydrogen) atoms. The Labute approximate surface area is 111 Å². The van der Waals surface area contributed by atoms with Crippen LogP contribution in [0.1, 0.15) is 25.8 Å². The summed E-state index contributed by atoms with van der Waals surface area (Å²) in [5, 5.41) is 8.70. The second kappa shape index (κ2) is 5.26. The molecule has 0 aliphatic rings. The predicted octanol–water partition coefficient (Wildman–Crippen LogP) is 1.67. The molecule has 0 aromatic heterocycles. The Morgan fingerprint density at radius 1 is 1.42 bits per heavy atom. The van der Waals surface area contributed by atoms with Crippen molar-refractivity contribution < 1.29 is 22.7 Å². The average molecular weight is 289 g/mol. The number of aryl methyl sites for hydroxylation is 1. The largest absolute Gasteiger partial charge is 0.481 e. The van der Waals surface area contributed by atoms with Crippen LogP contribution >= 0.6 is 0 Å². The summed E-state index contributed by atoms with van der Waals surface area (Å²) in [6.07, 6.45) is -0.374. The van der Waals surface area contributed by atoms with Gasteiger partial charge in [-0.3, -0.25) is 4.79 Å². The molecule has 0 aliphatic heterocycles. The molecule has 1 rings (SSSR count). The first kappa shape index (κ1) is 15.6. The second-order valence-electron chi connectivity index (χ2n) is 4.97. The number of halogens is 1. The Kier molecular flexibility index (Phi) is 4.32.